The van der Waals surface area contributed by atoms with Crippen molar-refractivity contribution < 1.29 is 0 Å². The van der Waals surface area contributed by atoms with Crippen LogP contribution in [-0.2, 0) is 0 Å². The molecule has 0 aromatic carbocycles. The molecule has 0 atom stereocenters. The normalized spacial score (nSPS) is 25.8. The molecule has 3 heteroatoms. The van der Waals surface area contributed by atoms with E-state index in [0.29, 0.717) is 6.54 Å². The molecule has 0 aliphatic carbocycles. The summed E-state index contributed by atoms with van der Waals surface area (Å²) in [4.78, 5) is 0. The number of hydrazine groups is 1. The van der Waals surface area contributed by atoms with E-state index in [9.17, 15) is 5.21 Å². The summed E-state index contributed by atoms with van der Waals surface area (Å²) in [5.74, 6) is 0. The molecule has 0 aromatic heterocycles. The zero-order valence-electron chi connectivity index (χ0n) is 2.77. The standard InChI is InChI=1S/C2H5N2O/c5-4-2-1-3-4/h3H,1-2H2/q-1. The minimum absolute atomic E-state index is 0.653. The van der Waals surface area contributed by atoms with E-state index in [1.807, 2.05) is 0 Å². The summed E-state index contributed by atoms with van der Waals surface area (Å²) < 4.78 is 0. The van der Waals surface area contributed by atoms with Gasteiger partial charge in [0, 0.05) is 13.1 Å². The highest BCUT2D eigenvalue weighted by Gasteiger charge is 1.96. The second-order valence-electron chi connectivity index (χ2n) is 1.01. The number of hydrogen-bond donors (Lipinski definition) is 1. The number of rotatable bonds is 0. The fourth-order valence-electron chi connectivity index (χ4n) is 0.203. The summed E-state index contributed by atoms with van der Waals surface area (Å²) in [6.07, 6.45) is 0. The summed E-state index contributed by atoms with van der Waals surface area (Å²) in [7, 11) is 0. The molecule has 1 fully saturated rings. The van der Waals surface area contributed by atoms with Crippen LogP contribution in [0.5, 0.6) is 0 Å². The minimum Gasteiger partial charge on any atom is -0.772 e. The van der Waals surface area contributed by atoms with Crippen molar-refractivity contribution in [2.75, 3.05) is 13.1 Å². The van der Waals surface area contributed by atoms with Crippen LogP contribution in [0.2, 0.25) is 0 Å². The lowest BCUT2D eigenvalue weighted by Gasteiger charge is -2.37. The van der Waals surface area contributed by atoms with E-state index in [2.05, 4.69) is 5.43 Å². The van der Waals surface area contributed by atoms with Gasteiger partial charge >= 0.3 is 0 Å². The quantitative estimate of drug-likeness (QED) is 0.412. The van der Waals surface area contributed by atoms with E-state index >= 15 is 0 Å². The molecule has 1 N–H and O–H groups in total. The van der Waals surface area contributed by atoms with Crippen LogP contribution in [0.4, 0.5) is 0 Å². The molecule has 5 heavy (non-hydrogen) atoms. The fourth-order valence-corrected chi connectivity index (χ4v) is 0.203. The molecule has 1 aliphatic heterocycles. The van der Waals surface area contributed by atoms with Crippen LogP contribution in [0.15, 0.2) is 0 Å². The molecule has 3 nitrogen and oxygen atoms in total. The SMILES string of the molecule is [O-]N1CCN1. The highest BCUT2D eigenvalue weighted by atomic mass is 16.5. The van der Waals surface area contributed by atoms with Gasteiger partial charge in [-0.3, -0.25) is 5.43 Å². The van der Waals surface area contributed by atoms with Crippen LogP contribution in [-0.4, -0.2) is 18.3 Å². The Kier molecular flexibility index (Phi) is 0.574. The van der Waals surface area contributed by atoms with Gasteiger partial charge in [0.15, 0.2) is 0 Å². The molecule has 0 unspecified atom stereocenters. The Balaban J connectivity index is 2.08. The van der Waals surface area contributed by atoms with Gasteiger partial charge in [-0.05, 0) is 0 Å². The summed E-state index contributed by atoms with van der Waals surface area (Å²) in [6, 6.07) is 0. The lowest BCUT2D eigenvalue weighted by molar-refractivity contribution is 0.174. The van der Waals surface area contributed by atoms with Gasteiger partial charge in [-0.1, -0.05) is 0 Å². The van der Waals surface area contributed by atoms with Crippen molar-refractivity contribution in [2.45, 2.75) is 0 Å². The maximum absolute atomic E-state index is 9.70. The van der Waals surface area contributed by atoms with E-state index in [1.165, 1.54) is 0 Å². The van der Waals surface area contributed by atoms with Crippen molar-refractivity contribution in [3.8, 4) is 0 Å². The van der Waals surface area contributed by atoms with Crippen LogP contribution >= 0.6 is 0 Å². The maximum atomic E-state index is 9.70. The molecule has 1 aliphatic rings. The molecule has 30 valence electrons. The first-order valence-electron chi connectivity index (χ1n) is 1.58. The summed E-state index contributed by atoms with van der Waals surface area (Å²) in [6.45, 7) is 1.50. The molecule has 0 spiro atoms. The van der Waals surface area contributed by atoms with Gasteiger partial charge in [-0.2, -0.15) is 0 Å². The van der Waals surface area contributed by atoms with Crippen molar-refractivity contribution in [1.82, 2.24) is 10.6 Å². The van der Waals surface area contributed by atoms with Crippen LogP contribution < -0.4 is 5.43 Å². The molecular formula is C2H5N2O-. The van der Waals surface area contributed by atoms with E-state index in [4.69, 9.17) is 0 Å². The Labute approximate surface area is 30.1 Å². The Morgan fingerprint density at radius 1 is 1.80 bits per heavy atom. The number of hydroxylamine groups is 1. The zero-order valence-corrected chi connectivity index (χ0v) is 2.77. The molecule has 0 radical (unpaired) electrons. The van der Waals surface area contributed by atoms with E-state index in [0.717, 1.165) is 11.7 Å². The third-order valence-electron chi connectivity index (χ3n) is 0.603. The average Bonchev–Trinajstić information content (AvgIpc) is 1.30. The Morgan fingerprint density at radius 2 is 2.20 bits per heavy atom. The first-order chi connectivity index (χ1) is 2.39. The topological polar surface area (TPSA) is 38.3 Å². The second-order valence-corrected chi connectivity index (χ2v) is 1.01. The fraction of sp³-hybridized carbons (Fsp3) is 1.00. The van der Waals surface area contributed by atoms with Gasteiger partial charge in [-0.25, -0.2) is 0 Å². The predicted molar refractivity (Wildman–Crippen MR) is 18.1 cm³/mol. The molecular weight excluding hydrogens is 68.0 g/mol. The van der Waals surface area contributed by atoms with Gasteiger partial charge in [-0.15, -0.1) is 0 Å². The van der Waals surface area contributed by atoms with Gasteiger partial charge in [0.05, 0.1) is 0 Å². The van der Waals surface area contributed by atoms with Crippen LogP contribution in [0, 0.1) is 5.21 Å². The number of nitrogens with one attached hydrogen (secondary N) is 1. The van der Waals surface area contributed by atoms with Crippen LogP contribution in [0.3, 0.4) is 0 Å². The van der Waals surface area contributed by atoms with Gasteiger partial charge in [0.1, 0.15) is 0 Å². The zero-order chi connectivity index (χ0) is 3.70. The van der Waals surface area contributed by atoms with Crippen LogP contribution in [0.25, 0.3) is 0 Å². The van der Waals surface area contributed by atoms with E-state index in [-0.39, 0.29) is 0 Å². The van der Waals surface area contributed by atoms with E-state index in [1.54, 1.807) is 0 Å². The maximum Gasteiger partial charge on any atom is 0.0223 e. The summed E-state index contributed by atoms with van der Waals surface area (Å²) >= 11 is 0. The molecule has 1 saturated heterocycles. The van der Waals surface area contributed by atoms with E-state index < -0.39 is 0 Å². The third-order valence-corrected chi connectivity index (χ3v) is 0.603. The van der Waals surface area contributed by atoms with Gasteiger partial charge in [0.25, 0.3) is 0 Å². The number of hydrogen-bond acceptors (Lipinski definition) is 3. The average molecular weight is 73.1 g/mol. The molecule has 0 amide bonds. The Hall–Kier alpha value is -0.120. The highest BCUT2D eigenvalue weighted by molar-refractivity contribution is 4.61. The van der Waals surface area contributed by atoms with Gasteiger partial charge in [0.2, 0.25) is 0 Å². The second kappa shape index (κ2) is 0.931. The molecule has 0 bridgehead atoms. The molecule has 0 saturated carbocycles. The Morgan fingerprint density at radius 3 is 2.20 bits per heavy atom. The Bertz CT molecular complexity index is 34.6. The molecule has 1 heterocycles. The number of nitrogens with zero attached hydrogens (tertiary/aromatic N) is 1. The van der Waals surface area contributed by atoms with Crippen molar-refractivity contribution in [1.29, 1.82) is 0 Å². The third kappa shape index (κ3) is 0.397. The van der Waals surface area contributed by atoms with Crippen molar-refractivity contribution in [3.05, 3.63) is 5.21 Å². The van der Waals surface area contributed by atoms with Crippen molar-refractivity contribution in [3.63, 3.8) is 0 Å². The predicted octanol–water partition coefficient (Wildman–Crippen LogP) is -0.696. The van der Waals surface area contributed by atoms with Crippen LogP contribution in [0.1, 0.15) is 0 Å². The molecule has 1 rings (SSSR count). The first-order valence-corrected chi connectivity index (χ1v) is 1.58. The van der Waals surface area contributed by atoms with Gasteiger partial charge < -0.3 is 10.4 Å². The monoisotopic (exact) mass is 73.0 g/mol. The summed E-state index contributed by atoms with van der Waals surface area (Å²) in [5.41, 5.74) is 2.49. The smallest absolute Gasteiger partial charge is 0.0223 e. The first kappa shape index (κ1) is 3.08. The summed E-state index contributed by atoms with van der Waals surface area (Å²) in [5, 5.41) is 10.5. The van der Waals surface area contributed by atoms with Crippen molar-refractivity contribution in [2.24, 2.45) is 0 Å². The molecule has 0 aromatic rings. The largest absolute Gasteiger partial charge is 0.772 e. The lowest BCUT2D eigenvalue weighted by Crippen LogP contribution is -2.49. The highest BCUT2D eigenvalue weighted by Crippen LogP contribution is 1.82. The lowest BCUT2D eigenvalue weighted by atomic mass is 10.6. The minimum atomic E-state index is 0.653. The van der Waals surface area contributed by atoms with Crippen molar-refractivity contribution >= 4 is 0 Å².